The maximum absolute atomic E-state index is 11.7. The molecule has 1 saturated heterocycles. The average Bonchev–Trinajstić information content (AvgIpc) is 2.26. The Bertz CT molecular complexity index is 330. The number of carbonyl (C=O) groups is 2. The van der Waals surface area contributed by atoms with Crippen LogP contribution in [0.15, 0.2) is 0 Å². The maximum Gasteiger partial charge on any atom is 0.326 e. The lowest BCUT2D eigenvalue weighted by atomic mass is 9.90. The van der Waals surface area contributed by atoms with Gasteiger partial charge < -0.3 is 14.7 Å². The standard InChI is InChI=1S/C12H21NO4/c1-11(2,3)17-8(14)6-13-7-12(4,5)9(15)10(13)16/h9,15H,6-7H2,1-5H3/t9-/m0/s1. The number of ether oxygens (including phenoxy) is 1. The predicted octanol–water partition coefficient (Wildman–Crippen LogP) is 0.557. The zero-order valence-corrected chi connectivity index (χ0v) is 11.1. The molecular weight excluding hydrogens is 222 g/mol. The molecule has 1 heterocycles. The lowest BCUT2D eigenvalue weighted by Crippen LogP contribution is -2.37. The second-order valence-electron chi connectivity index (χ2n) is 6.17. The lowest BCUT2D eigenvalue weighted by molar-refractivity contribution is -0.158. The number of carbonyl (C=O) groups excluding carboxylic acids is 2. The highest BCUT2D eigenvalue weighted by molar-refractivity contribution is 5.87. The first-order chi connectivity index (χ1) is 7.53. The SMILES string of the molecule is CC(C)(C)OC(=O)CN1CC(C)(C)[C@@H](O)C1=O. The van der Waals surface area contributed by atoms with Crippen LogP contribution in [-0.4, -0.2) is 46.7 Å². The summed E-state index contributed by atoms with van der Waals surface area (Å²) < 4.78 is 5.14. The van der Waals surface area contributed by atoms with E-state index in [2.05, 4.69) is 0 Å². The Morgan fingerprint density at radius 1 is 1.53 bits per heavy atom. The van der Waals surface area contributed by atoms with Gasteiger partial charge >= 0.3 is 5.97 Å². The minimum atomic E-state index is -1.04. The zero-order chi connectivity index (χ0) is 13.4. The summed E-state index contributed by atoms with van der Waals surface area (Å²) in [6.07, 6.45) is -1.04. The summed E-state index contributed by atoms with van der Waals surface area (Å²) >= 11 is 0. The Morgan fingerprint density at radius 3 is 2.41 bits per heavy atom. The first-order valence-corrected chi connectivity index (χ1v) is 5.72. The highest BCUT2D eigenvalue weighted by atomic mass is 16.6. The molecular formula is C12H21NO4. The van der Waals surface area contributed by atoms with Gasteiger partial charge in [0.15, 0.2) is 0 Å². The number of hydrogen-bond donors (Lipinski definition) is 1. The van der Waals surface area contributed by atoms with Crippen LogP contribution in [0.1, 0.15) is 34.6 Å². The Kier molecular flexibility index (Phi) is 3.52. The topological polar surface area (TPSA) is 66.8 Å². The van der Waals surface area contributed by atoms with E-state index in [1.165, 1.54) is 4.90 Å². The van der Waals surface area contributed by atoms with Crippen LogP contribution in [0.2, 0.25) is 0 Å². The highest BCUT2D eigenvalue weighted by Gasteiger charge is 2.45. The van der Waals surface area contributed by atoms with Gasteiger partial charge in [0.1, 0.15) is 18.2 Å². The zero-order valence-electron chi connectivity index (χ0n) is 11.1. The van der Waals surface area contributed by atoms with E-state index in [1.807, 2.05) is 0 Å². The van der Waals surface area contributed by atoms with Crippen molar-refractivity contribution in [2.45, 2.75) is 46.3 Å². The summed E-state index contributed by atoms with van der Waals surface area (Å²) in [6.45, 7) is 9.18. The minimum Gasteiger partial charge on any atom is -0.459 e. The Labute approximate surface area is 102 Å². The summed E-state index contributed by atoms with van der Waals surface area (Å²) in [5.41, 5.74) is -1.08. The van der Waals surface area contributed by atoms with Crippen molar-refractivity contribution in [3.05, 3.63) is 0 Å². The molecule has 1 aliphatic heterocycles. The van der Waals surface area contributed by atoms with E-state index in [9.17, 15) is 14.7 Å². The quantitative estimate of drug-likeness (QED) is 0.719. The van der Waals surface area contributed by atoms with Crippen molar-refractivity contribution in [1.29, 1.82) is 0 Å². The van der Waals surface area contributed by atoms with Crippen molar-refractivity contribution in [2.24, 2.45) is 5.41 Å². The molecule has 0 aliphatic carbocycles. The van der Waals surface area contributed by atoms with Gasteiger partial charge in [-0.15, -0.1) is 0 Å². The number of esters is 1. The largest absolute Gasteiger partial charge is 0.459 e. The maximum atomic E-state index is 11.7. The summed E-state index contributed by atoms with van der Waals surface area (Å²) in [7, 11) is 0. The van der Waals surface area contributed by atoms with Gasteiger partial charge in [0, 0.05) is 12.0 Å². The van der Waals surface area contributed by atoms with E-state index in [4.69, 9.17) is 4.74 Å². The first kappa shape index (κ1) is 14.0. The normalized spacial score (nSPS) is 24.0. The van der Waals surface area contributed by atoms with Crippen LogP contribution in [0.4, 0.5) is 0 Å². The van der Waals surface area contributed by atoms with Crippen LogP contribution >= 0.6 is 0 Å². The van der Waals surface area contributed by atoms with Gasteiger partial charge in [0.05, 0.1) is 0 Å². The summed E-state index contributed by atoms with van der Waals surface area (Å²) in [5.74, 6) is -0.850. The molecule has 5 nitrogen and oxygen atoms in total. The van der Waals surface area contributed by atoms with Gasteiger partial charge in [-0.1, -0.05) is 13.8 Å². The molecule has 1 rings (SSSR count). The molecule has 0 bridgehead atoms. The summed E-state index contributed by atoms with van der Waals surface area (Å²) in [6, 6.07) is 0. The van der Waals surface area contributed by atoms with Crippen molar-refractivity contribution in [3.8, 4) is 0 Å². The smallest absolute Gasteiger partial charge is 0.326 e. The average molecular weight is 243 g/mol. The first-order valence-electron chi connectivity index (χ1n) is 5.72. The molecule has 1 atom stereocenters. The second kappa shape index (κ2) is 4.29. The molecule has 0 spiro atoms. The predicted molar refractivity (Wildman–Crippen MR) is 62.2 cm³/mol. The van der Waals surface area contributed by atoms with E-state index >= 15 is 0 Å². The van der Waals surface area contributed by atoms with Gasteiger partial charge in [-0.3, -0.25) is 9.59 Å². The van der Waals surface area contributed by atoms with Gasteiger partial charge in [0.25, 0.3) is 5.91 Å². The van der Waals surface area contributed by atoms with Crippen molar-refractivity contribution < 1.29 is 19.4 Å². The monoisotopic (exact) mass is 243 g/mol. The van der Waals surface area contributed by atoms with Crippen LogP contribution in [0, 0.1) is 5.41 Å². The molecule has 1 fully saturated rings. The molecule has 1 amide bonds. The molecule has 0 aromatic heterocycles. The Hall–Kier alpha value is -1.10. The van der Waals surface area contributed by atoms with Gasteiger partial charge in [-0.05, 0) is 20.8 Å². The number of likely N-dealkylation sites (tertiary alicyclic amines) is 1. The molecule has 1 aliphatic rings. The molecule has 0 saturated carbocycles. The van der Waals surface area contributed by atoms with E-state index in [0.717, 1.165) is 0 Å². The van der Waals surface area contributed by atoms with Crippen LogP contribution in [0.25, 0.3) is 0 Å². The third-order valence-electron chi connectivity index (χ3n) is 2.62. The molecule has 0 radical (unpaired) electrons. The molecule has 98 valence electrons. The van der Waals surface area contributed by atoms with E-state index in [0.29, 0.717) is 6.54 Å². The van der Waals surface area contributed by atoms with Crippen LogP contribution < -0.4 is 0 Å². The third-order valence-corrected chi connectivity index (χ3v) is 2.62. The molecule has 17 heavy (non-hydrogen) atoms. The molecule has 0 aromatic rings. The number of aliphatic hydroxyl groups is 1. The summed E-state index contributed by atoms with van der Waals surface area (Å²) in [5, 5.41) is 9.70. The lowest BCUT2D eigenvalue weighted by Gasteiger charge is -2.23. The summed E-state index contributed by atoms with van der Waals surface area (Å²) in [4.78, 5) is 24.6. The molecule has 0 unspecified atom stereocenters. The van der Waals surface area contributed by atoms with Gasteiger partial charge in [-0.25, -0.2) is 0 Å². The number of aliphatic hydroxyl groups excluding tert-OH is 1. The highest BCUT2D eigenvalue weighted by Crippen LogP contribution is 2.30. The number of amides is 1. The van der Waals surface area contributed by atoms with Crippen molar-refractivity contribution in [1.82, 2.24) is 4.90 Å². The van der Waals surface area contributed by atoms with Crippen molar-refractivity contribution in [3.63, 3.8) is 0 Å². The minimum absolute atomic E-state index is 0.101. The van der Waals surface area contributed by atoms with Gasteiger partial charge in [0.2, 0.25) is 0 Å². The second-order valence-corrected chi connectivity index (χ2v) is 6.17. The van der Waals surface area contributed by atoms with Crippen LogP contribution in [-0.2, 0) is 14.3 Å². The fourth-order valence-corrected chi connectivity index (χ4v) is 1.83. The van der Waals surface area contributed by atoms with E-state index < -0.39 is 29.0 Å². The third kappa shape index (κ3) is 3.43. The number of rotatable bonds is 2. The van der Waals surface area contributed by atoms with Gasteiger partial charge in [-0.2, -0.15) is 0 Å². The van der Waals surface area contributed by atoms with Crippen LogP contribution in [0.3, 0.4) is 0 Å². The van der Waals surface area contributed by atoms with E-state index in [1.54, 1.807) is 34.6 Å². The van der Waals surface area contributed by atoms with E-state index in [-0.39, 0.29) is 6.54 Å². The number of hydrogen-bond acceptors (Lipinski definition) is 4. The molecule has 1 N–H and O–H groups in total. The van der Waals surface area contributed by atoms with Crippen molar-refractivity contribution >= 4 is 11.9 Å². The molecule has 0 aromatic carbocycles. The number of nitrogens with zero attached hydrogens (tertiary/aromatic N) is 1. The fraction of sp³-hybridized carbons (Fsp3) is 0.833. The molecule has 5 heteroatoms. The fourth-order valence-electron chi connectivity index (χ4n) is 1.83. The Balaban J connectivity index is 2.60. The van der Waals surface area contributed by atoms with Crippen LogP contribution in [0.5, 0.6) is 0 Å². The Morgan fingerprint density at radius 2 is 2.06 bits per heavy atom. The van der Waals surface area contributed by atoms with Crippen molar-refractivity contribution in [2.75, 3.05) is 13.1 Å².